The van der Waals surface area contributed by atoms with Gasteiger partial charge in [0.15, 0.2) is 12.7 Å². The highest BCUT2D eigenvalue weighted by atomic mass is 19.4. The normalized spacial score (nSPS) is 17.9. The second-order valence-electron chi connectivity index (χ2n) is 8.23. The molecule has 1 saturated heterocycles. The van der Waals surface area contributed by atoms with Gasteiger partial charge in [-0.2, -0.15) is 13.2 Å². The van der Waals surface area contributed by atoms with Gasteiger partial charge in [-0.25, -0.2) is 0 Å². The number of carbonyl (C=O) groups is 1. The number of amides is 1. The molecule has 1 atom stereocenters. The highest BCUT2D eigenvalue weighted by Gasteiger charge is 2.48. The molecule has 2 aromatic carbocycles. The van der Waals surface area contributed by atoms with Crippen LogP contribution in [-0.2, 0) is 11.3 Å². The third-order valence-electron chi connectivity index (χ3n) is 5.18. The molecule has 0 saturated carbocycles. The SMILES string of the molecule is COc1ccc(CN2CC(C)(C)C(Oc3ccc(OCC(F)(F)F)cc3)C2=O)c(OC)c1. The minimum absolute atomic E-state index is 0.0694. The van der Waals surface area contributed by atoms with Crippen molar-refractivity contribution < 1.29 is 36.9 Å². The number of alkyl halides is 3. The Balaban J connectivity index is 1.69. The van der Waals surface area contributed by atoms with E-state index in [-0.39, 0.29) is 11.7 Å². The molecule has 0 N–H and O–H groups in total. The monoisotopic (exact) mass is 453 g/mol. The Labute approximate surface area is 184 Å². The van der Waals surface area contributed by atoms with Crippen LogP contribution in [0.4, 0.5) is 13.2 Å². The molecule has 3 rings (SSSR count). The molecule has 0 spiro atoms. The van der Waals surface area contributed by atoms with Gasteiger partial charge in [0.05, 0.1) is 14.2 Å². The Kier molecular flexibility index (Phi) is 6.76. The van der Waals surface area contributed by atoms with Crippen LogP contribution in [0.1, 0.15) is 19.4 Å². The lowest BCUT2D eigenvalue weighted by Gasteiger charge is -2.24. The molecule has 1 unspecified atom stereocenters. The summed E-state index contributed by atoms with van der Waals surface area (Å²) < 4.78 is 58.2. The smallest absolute Gasteiger partial charge is 0.422 e. The fourth-order valence-electron chi connectivity index (χ4n) is 3.60. The summed E-state index contributed by atoms with van der Waals surface area (Å²) in [6, 6.07) is 11.2. The Bertz CT molecular complexity index is 944. The van der Waals surface area contributed by atoms with E-state index in [1.807, 2.05) is 19.9 Å². The molecule has 0 radical (unpaired) electrons. The van der Waals surface area contributed by atoms with Gasteiger partial charge < -0.3 is 23.8 Å². The molecule has 1 fully saturated rings. The summed E-state index contributed by atoms with van der Waals surface area (Å²) in [5.74, 6) is 1.54. The third kappa shape index (κ3) is 5.57. The van der Waals surface area contributed by atoms with E-state index in [2.05, 4.69) is 0 Å². The summed E-state index contributed by atoms with van der Waals surface area (Å²) in [5, 5.41) is 0. The lowest BCUT2D eigenvalue weighted by Crippen LogP contribution is -2.36. The first kappa shape index (κ1) is 23.6. The standard InChI is InChI=1S/C23H26F3NO5/c1-22(2)13-27(12-15-5-6-18(29-3)11-19(15)30-4)21(28)20(22)32-17-9-7-16(8-10-17)31-14-23(24,25)26/h5-11,20H,12-14H2,1-4H3. The summed E-state index contributed by atoms with van der Waals surface area (Å²) in [7, 11) is 3.12. The Hall–Kier alpha value is -3.10. The van der Waals surface area contributed by atoms with E-state index >= 15 is 0 Å². The maximum Gasteiger partial charge on any atom is 0.422 e. The first-order valence-corrected chi connectivity index (χ1v) is 9.98. The van der Waals surface area contributed by atoms with Crippen LogP contribution in [0.15, 0.2) is 42.5 Å². The van der Waals surface area contributed by atoms with Crippen molar-refractivity contribution in [2.45, 2.75) is 32.7 Å². The number of hydrogen-bond donors (Lipinski definition) is 0. The lowest BCUT2D eigenvalue weighted by molar-refractivity contribution is -0.153. The second kappa shape index (κ2) is 9.18. The van der Waals surface area contributed by atoms with Gasteiger partial charge in [-0.05, 0) is 36.4 Å². The van der Waals surface area contributed by atoms with Crippen molar-refractivity contribution in [2.24, 2.45) is 5.41 Å². The fraction of sp³-hybridized carbons (Fsp3) is 0.435. The molecule has 2 aromatic rings. The molecule has 9 heteroatoms. The van der Waals surface area contributed by atoms with Crippen molar-refractivity contribution in [1.29, 1.82) is 0 Å². The molecule has 32 heavy (non-hydrogen) atoms. The van der Waals surface area contributed by atoms with E-state index < -0.39 is 24.3 Å². The number of hydrogen-bond acceptors (Lipinski definition) is 5. The predicted molar refractivity (Wildman–Crippen MR) is 111 cm³/mol. The first-order valence-electron chi connectivity index (χ1n) is 9.98. The van der Waals surface area contributed by atoms with Crippen molar-refractivity contribution in [3.63, 3.8) is 0 Å². The number of methoxy groups -OCH3 is 2. The van der Waals surface area contributed by atoms with Gasteiger partial charge in [0, 0.05) is 30.1 Å². The average molecular weight is 453 g/mol. The van der Waals surface area contributed by atoms with Gasteiger partial charge in [-0.15, -0.1) is 0 Å². The van der Waals surface area contributed by atoms with Crippen LogP contribution in [0, 0.1) is 5.41 Å². The molecule has 1 aliphatic rings. The quantitative estimate of drug-likeness (QED) is 0.591. The highest BCUT2D eigenvalue weighted by molar-refractivity contribution is 5.84. The van der Waals surface area contributed by atoms with Crippen LogP contribution in [-0.4, -0.2) is 50.5 Å². The van der Waals surface area contributed by atoms with E-state index in [1.54, 1.807) is 31.3 Å². The summed E-state index contributed by atoms with van der Waals surface area (Å²) in [6.45, 7) is 3.31. The molecule has 0 bridgehead atoms. The van der Waals surface area contributed by atoms with Crippen LogP contribution < -0.4 is 18.9 Å². The number of likely N-dealkylation sites (tertiary alicyclic amines) is 1. The summed E-state index contributed by atoms with van der Waals surface area (Å²) in [6.07, 6.45) is -5.15. The number of ether oxygens (including phenoxy) is 4. The predicted octanol–water partition coefficient (Wildman–Crippen LogP) is 4.46. The average Bonchev–Trinajstić information content (AvgIpc) is 2.95. The third-order valence-corrected chi connectivity index (χ3v) is 5.18. The molecule has 174 valence electrons. The zero-order valence-electron chi connectivity index (χ0n) is 18.4. The number of halogens is 3. The van der Waals surface area contributed by atoms with Crippen molar-refractivity contribution in [3.8, 4) is 23.0 Å². The zero-order valence-corrected chi connectivity index (χ0v) is 18.4. The van der Waals surface area contributed by atoms with Gasteiger partial charge in [0.2, 0.25) is 0 Å². The lowest BCUT2D eigenvalue weighted by atomic mass is 9.89. The van der Waals surface area contributed by atoms with Gasteiger partial charge in [-0.3, -0.25) is 4.79 Å². The number of rotatable bonds is 8. The van der Waals surface area contributed by atoms with E-state index in [4.69, 9.17) is 18.9 Å². The summed E-state index contributed by atoms with van der Waals surface area (Å²) >= 11 is 0. The molecule has 1 amide bonds. The van der Waals surface area contributed by atoms with Crippen molar-refractivity contribution in [3.05, 3.63) is 48.0 Å². The van der Waals surface area contributed by atoms with Gasteiger partial charge >= 0.3 is 6.18 Å². The largest absolute Gasteiger partial charge is 0.497 e. The fourth-order valence-corrected chi connectivity index (χ4v) is 3.60. The van der Waals surface area contributed by atoms with Crippen LogP contribution in [0.2, 0.25) is 0 Å². The van der Waals surface area contributed by atoms with Crippen molar-refractivity contribution >= 4 is 5.91 Å². The van der Waals surface area contributed by atoms with Crippen LogP contribution in [0.5, 0.6) is 23.0 Å². The molecule has 6 nitrogen and oxygen atoms in total. The number of benzene rings is 2. The minimum Gasteiger partial charge on any atom is -0.497 e. The van der Waals surface area contributed by atoms with Crippen molar-refractivity contribution in [1.82, 2.24) is 4.90 Å². The molecule has 1 heterocycles. The maximum absolute atomic E-state index is 13.1. The molecular weight excluding hydrogens is 427 g/mol. The van der Waals surface area contributed by atoms with Gasteiger partial charge in [0.25, 0.3) is 5.91 Å². The molecular formula is C23H26F3NO5. The molecule has 0 aromatic heterocycles. The Morgan fingerprint density at radius 2 is 1.62 bits per heavy atom. The number of carbonyl (C=O) groups excluding carboxylic acids is 1. The van der Waals surface area contributed by atoms with Crippen LogP contribution in [0.3, 0.4) is 0 Å². The minimum atomic E-state index is -4.41. The summed E-state index contributed by atoms with van der Waals surface area (Å²) in [5.41, 5.74) is 0.353. The van der Waals surface area contributed by atoms with E-state index in [0.29, 0.717) is 30.3 Å². The Morgan fingerprint density at radius 1 is 1.00 bits per heavy atom. The van der Waals surface area contributed by atoms with E-state index in [9.17, 15) is 18.0 Å². The highest BCUT2D eigenvalue weighted by Crippen LogP contribution is 2.36. The zero-order chi connectivity index (χ0) is 23.5. The second-order valence-corrected chi connectivity index (χ2v) is 8.23. The molecule has 0 aliphatic carbocycles. The maximum atomic E-state index is 13.1. The molecule has 1 aliphatic heterocycles. The topological polar surface area (TPSA) is 57.2 Å². The van der Waals surface area contributed by atoms with Crippen LogP contribution in [0.25, 0.3) is 0 Å². The van der Waals surface area contributed by atoms with E-state index in [0.717, 1.165) is 5.56 Å². The van der Waals surface area contributed by atoms with Crippen LogP contribution >= 0.6 is 0 Å². The van der Waals surface area contributed by atoms with Gasteiger partial charge in [-0.1, -0.05) is 13.8 Å². The number of nitrogens with zero attached hydrogens (tertiary/aromatic N) is 1. The van der Waals surface area contributed by atoms with E-state index in [1.165, 1.54) is 24.3 Å². The van der Waals surface area contributed by atoms with Crippen molar-refractivity contribution in [2.75, 3.05) is 27.4 Å². The Morgan fingerprint density at radius 3 is 2.22 bits per heavy atom. The summed E-state index contributed by atoms with van der Waals surface area (Å²) in [4.78, 5) is 14.8. The van der Waals surface area contributed by atoms with Gasteiger partial charge in [0.1, 0.15) is 23.0 Å². The first-order chi connectivity index (χ1) is 15.0.